The van der Waals surface area contributed by atoms with Gasteiger partial charge in [-0.05, 0) is 62.7 Å². The van der Waals surface area contributed by atoms with E-state index < -0.39 is 0 Å². The minimum absolute atomic E-state index is 0.242. The van der Waals surface area contributed by atoms with Gasteiger partial charge in [0.15, 0.2) is 0 Å². The average molecular weight is 379 g/mol. The zero-order valence-corrected chi connectivity index (χ0v) is 16.5. The quantitative estimate of drug-likeness (QED) is 0.568. The van der Waals surface area contributed by atoms with Crippen LogP contribution >= 0.6 is 0 Å². The first-order valence-corrected chi connectivity index (χ1v) is 9.53. The Labute approximate surface area is 165 Å². The number of hydrogen-bond acceptors (Lipinski definition) is 5. The predicted octanol–water partition coefficient (Wildman–Crippen LogP) is 5.13. The second kappa shape index (κ2) is 9.17. The highest BCUT2D eigenvalue weighted by molar-refractivity contribution is 5.61. The molecular formula is C22H26FN5. The molecule has 1 heterocycles. The maximum atomic E-state index is 13.0. The molecule has 0 amide bonds. The van der Waals surface area contributed by atoms with Crippen molar-refractivity contribution in [3.05, 3.63) is 71.7 Å². The van der Waals surface area contributed by atoms with Crippen molar-refractivity contribution in [1.82, 2.24) is 9.97 Å². The lowest BCUT2D eigenvalue weighted by Gasteiger charge is -2.21. The Morgan fingerprint density at radius 3 is 2.25 bits per heavy atom. The Hall–Kier alpha value is -3.15. The first-order chi connectivity index (χ1) is 13.6. The number of anilines is 4. The van der Waals surface area contributed by atoms with Crippen LogP contribution in [0.2, 0.25) is 0 Å². The molecule has 0 unspecified atom stereocenters. The largest absolute Gasteiger partial charge is 0.372 e. The molecule has 0 aliphatic rings. The van der Waals surface area contributed by atoms with E-state index in [0.29, 0.717) is 12.5 Å². The van der Waals surface area contributed by atoms with Crippen LogP contribution in [0.5, 0.6) is 0 Å². The first-order valence-electron chi connectivity index (χ1n) is 9.53. The van der Waals surface area contributed by atoms with Gasteiger partial charge in [-0.25, -0.2) is 9.37 Å². The number of rotatable bonds is 8. The van der Waals surface area contributed by atoms with Crippen molar-refractivity contribution >= 4 is 23.1 Å². The normalized spacial score (nSPS) is 10.6. The number of benzene rings is 2. The molecule has 146 valence electrons. The SMILES string of the molecule is CCN(CC)c1ccc(Nc2cc(C)nc(NCc3ccc(F)cc3)n2)cc1. The van der Waals surface area contributed by atoms with Crippen LogP contribution in [0.4, 0.5) is 27.5 Å². The minimum atomic E-state index is -0.242. The van der Waals surface area contributed by atoms with Crippen LogP contribution in [0.3, 0.4) is 0 Å². The molecule has 6 heteroatoms. The van der Waals surface area contributed by atoms with E-state index in [1.54, 1.807) is 12.1 Å². The van der Waals surface area contributed by atoms with E-state index in [-0.39, 0.29) is 5.82 Å². The Bertz CT molecular complexity index is 890. The van der Waals surface area contributed by atoms with E-state index in [4.69, 9.17) is 0 Å². The van der Waals surface area contributed by atoms with Crippen LogP contribution in [0.15, 0.2) is 54.6 Å². The summed E-state index contributed by atoms with van der Waals surface area (Å²) in [7, 11) is 0. The molecule has 2 aromatic carbocycles. The molecule has 3 rings (SSSR count). The van der Waals surface area contributed by atoms with Gasteiger partial charge in [0.1, 0.15) is 11.6 Å². The summed E-state index contributed by atoms with van der Waals surface area (Å²) in [5.74, 6) is 1.02. The molecule has 28 heavy (non-hydrogen) atoms. The minimum Gasteiger partial charge on any atom is -0.372 e. The van der Waals surface area contributed by atoms with E-state index in [0.717, 1.165) is 35.9 Å². The van der Waals surface area contributed by atoms with E-state index >= 15 is 0 Å². The molecule has 5 nitrogen and oxygen atoms in total. The smallest absolute Gasteiger partial charge is 0.225 e. The summed E-state index contributed by atoms with van der Waals surface area (Å²) in [5, 5.41) is 6.53. The van der Waals surface area contributed by atoms with Gasteiger partial charge in [0, 0.05) is 42.8 Å². The topological polar surface area (TPSA) is 53.1 Å². The number of halogens is 1. The van der Waals surface area contributed by atoms with Crippen LogP contribution in [-0.2, 0) is 6.54 Å². The zero-order chi connectivity index (χ0) is 19.9. The summed E-state index contributed by atoms with van der Waals surface area (Å²) in [6.45, 7) is 8.73. The number of nitrogens with one attached hydrogen (secondary N) is 2. The Balaban J connectivity index is 1.68. The summed E-state index contributed by atoms with van der Waals surface area (Å²) >= 11 is 0. The number of nitrogens with zero attached hydrogens (tertiary/aromatic N) is 3. The van der Waals surface area contributed by atoms with Gasteiger partial charge in [0.05, 0.1) is 0 Å². The first kappa shape index (κ1) is 19.6. The van der Waals surface area contributed by atoms with Gasteiger partial charge in [-0.2, -0.15) is 4.98 Å². The van der Waals surface area contributed by atoms with Crippen molar-refractivity contribution in [1.29, 1.82) is 0 Å². The molecule has 0 saturated carbocycles. The standard InChI is InChI=1S/C22H26FN5/c1-4-28(5-2)20-12-10-19(11-13-20)26-21-14-16(3)25-22(27-21)24-15-17-6-8-18(23)9-7-17/h6-14H,4-5,15H2,1-3H3,(H2,24,25,26,27). The van der Waals surface area contributed by atoms with Gasteiger partial charge in [-0.1, -0.05) is 12.1 Å². The molecule has 0 spiro atoms. The Morgan fingerprint density at radius 2 is 1.61 bits per heavy atom. The maximum absolute atomic E-state index is 13.0. The number of hydrogen-bond donors (Lipinski definition) is 2. The van der Waals surface area contributed by atoms with Gasteiger partial charge in [0.2, 0.25) is 5.95 Å². The van der Waals surface area contributed by atoms with Gasteiger partial charge in [-0.3, -0.25) is 0 Å². The van der Waals surface area contributed by atoms with Crippen LogP contribution in [-0.4, -0.2) is 23.1 Å². The highest BCUT2D eigenvalue weighted by Crippen LogP contribution is 2.21. The van der Waals surface area contributed by atoms with Crippen molar-refractivity contribution in [3.63, 3.8) is 0 Å². The molecule has 0 bridgehead atoms. The van der Waals surface area contributed by atoms with Gasteiger partial charge in [-0.15, -0.1) is 0 Å². The van der Waals surface area contributed by atoms with Gasteiger partial charge in [0.25, 0.3) is 0 Å². The maximum Gasteiger partial charge on any atom is 0.225 e. The number of aromatic nitrogens is 2. The predicted molar refractivity (Wildman–Crippen MR) is 114 cm³/mol. The average Bonchev–Trinajstić information content (AvgIpc) is 2.69. The van der Waals surface area contributed by atoms with Crippen molar-refractivity contribution in [3.8, 4) is 0 Å². The highest BCUT2D eigenvalue weighted by atomic mass is 19.1. The molecule has 0 fully saturated rings. The van der Waals surface area contributed by atoms with E-state index in [1.807, 2.05) is 13.0 Å². The molecular weight excluding hydrogens is 353 g/mol. The summed E-state index contributed by atoms with van der Waals surface area (Å²) in [4.78, 5) is 11.3. The lowest BCUT2D eigenvalue weighted by Crippen LogP contribution is -2.21. The van der Waals surface area contributed by atoms with E-state index in [1.165, 1.54) is 17.8 Å². The third kappa shape index (κ3) is 5.19. The monoisotopic (exact) mass is 379 g/mol. The van der Waals surface area contributed by atoms with Crippen LogP contribution in [0.1, 0.15) is 25.1 Å². The van der Waals surface area contributed by atoms with Gasteiger partial charge < -0.3 is 15.5 Å². The van der Waals surface area contributed by atoms with Crippen LogP contribution in [0.25, 0.3) is 0 Å². The van der Waals surface area contributed by atoms with E-state index in [9.17, 15) is 4.39 Å². The summed E-state index contributed by atoms with van der Waals surface area (Å²) in [6.07, 6.45) is 0. The van der Waals surface area contributed by atoms with E-state index in [2.05, 4.69) is 63.6 Å². The molecule has 0 atom stereocenters. The fourth-order valence-electron chi connectivity index (χ4n) is 2.99. The molecule has 1 aromatic heterocycles. The molecule has 3 aromatic rings. The fraction of sp³-hybridized carbons (Fsp3) is 0.273. The molecule has 0 saturated heterocycles. The van der Waals surface area contributed by atoms with Crippen molar-refractivity contribution in [2.24, 2.45) is 0 Å². The highest BCUT2D eigenvalue weighted by Gasteiger charge is 2.05. The second-order valence-corrected chi connectivity index (χ2v) is 6.54. The van der Waals surface area contributed by atoms with Crippen molar-refractivity contribution in [2.45, 2.75) is 27.3 Å². The number of aryl methyl sites for hydroxylation is 1. The van der Waals surface area contributed by atoms with Crippen LogP contribution in [0, 0.1) is 12.7 Å². The zero-order valence-electron chi connectivity index (χ0n) is 16.5. The second-order valence-electron chi connectivity index (χ2n) is 6.54. The molecule has 0 radical (unpaired) electrons. The van der Waals surface area contributed by atoms with Gasteiger partial charge >= 0.3 is 0 Å². The fourth-order valence-corrected chi connectivity index (χ4v) is 2.99. The summed E-state index contributed by atoms with van der Waals surface area (Å²) in [6, 6.07) is 16.6. The molecule has 0 aliphatic heterocycles. The third-order valence-corrected chi connectivity index (χ3v) is 4.49. The lowest BCUT2D eigenvalue weighted by atomic mass is 10.2. The summed E-state index contributed by atoms with van der Waals surface area (Å²) < 4.78 is 13.0. The Morgan fingerprint density at radius 1 is 0.929 bits per heavy atom. The van der Waals surface area contributed by atoms with Crippen molar-refractivity contribution < 1.29 is 4.39 Å². The Kier molecular flexibility index (Phi) is 6.42. The van der Waals surface area contributed by atoms with Crippen molar-refractivity contribution in [2.75, 3.05) is 28.6 Å². The molecule has 2 N–H and O–H groups in total. The lowest BCUT2D eigenvalue weighted by molar-refractivity contribution is 0.627. The third-order valence-electron chi connectivity index (χ3n) is 4.49. The molecule has 0 aliphatic carbocycles. The van der Waals surface area contributed by atoms with Crippen LogP contribution < -0.4 is 15.5 Å². The summed E-state index contributed by atoms with van der Waals surface area (Å²) in [5.41, 5.74) is 4.00.